The summed E-state index contributed by atoms with van der Waals surface area (Å²) in [6, 6.07) is 16.9. The predicted octanol–water partition coefficient (Wildman–Crippen LogP) is 1.48. The van der Waals surface area contributed by atoms with Crippen LogP contribution in [0.3, 0.4) is 0 Å². The number of anilines is 1. The van der Waals surface area contributed by atoms with E-state index in [1.54, 1.807) is 4.90 Å². The van der Waals surface area contributed by atoms with Gasteiger partial charge in [0.05, 0.1) is 6.42 Å². The van der Waals surface area contributed by atoms with E-state index in [0.29, 0.717) is 6.54 Å². The molecule has 2 aromatic rings. The van der Waals surface area contributed by atoms with Gasteiger partial charge in [-0.2, -0.15) is 0 Å². The van der Waals surface area contributed by atoms with Crippen LogP contribution in [0.15, 0.2) is 54.6 Å². The van der Waals surface area contributed by atoms with Crippen molar-refractivity contribution in [3.05, 3.63) is 65.7 Å². The standard InChI is InChI=1S/C20H20N2O4/c23-18(12-15-6-2-1-3-7-15)21-13-20(25)26-14-19(24)22-11-10-16-8-4-5-9-17(16)22/h1-9H,10-14H2,(H,21,23). The van der Waals surface area contributed by atoms with E-state index in [-0.39, 0.29) is 31.4 Å². The molecule has 6 nitrogen and oxygen atoms in total. The Kier molecular flexibility index (Phi) is 5.63. The molecule has 0 aliphatic carbocycles. The molecule has 0 saturated carbocycles. The van der Waals surface area contributed by atoms with Crippen LogP contribution in [0, 0.1) is 0 Å². The molecule has 0 radical (unpaired) electrons. The van der Waals surface area contributed by atoms with E-state index in [1.807, 2.05) is 54.6 Å². The van der Waals surface area contributed by atoms with Crippen LogP contribution < -0.4 is 10.2 Å². The summed E-state index contributed by atoms with van der Waals surface area (Å²) in [4.78, 5) is 37.4. The molecule has 2 amide bonds. The highest BCUT2D eigenvalue weighted by atomic mass is 16.5. The van der Waals surface area contributed by atoms with Crippen LogP contribution >= 0.6 is 0 Å². The van der Waals surface area contributed by atoms with Crippen molar-refractivity contribution >= 4 is 23.5 Å². The van der Waals surface area contributed by atoms with Crippen LogP contribution in [0.25, 0.3) is 0 Å². The number of hydrogen-bond acceptors (Lipinski definition) is 4. The zero-order chi connectivity index (χ0) is 18.4. The van der Waals surface area contributed by atoms with Gasteiger partial charge in [-0.15, -0.1) is 0 Å². The average molecular weight is 352 g/mol. The van der Waals surface area contributed by atoms with Gasteiger partial charge in [0.1, 0.15) is 6.54 Å². The number of amides is 2. The number of esters is 1. The van der Waals surface area contributed by atoms with Gasteiger partial charge in [0.25, 0.3) is 5.91 Å². The van der Waals surface area contributed by atoms with Crippen LogP contribution in [0.1, 0.15) is 11.1 Å². The number of carbonyl (C=O) groups is 3. The Bertz CT molecular complexity index is 804. The van der Waals surface area contributed by atoms with E-state index < -0.39 is 5.97 Å². The fourth-order valence-electron chi connectivity index (χ4n) is 2.88. The molecule has 1 heterocycles. The summed E-state index contributed by atoms with van der Waals surface area (Å²) in [5.74, 6) is -1.17. The molecule has 26 heavy (non-hydrogen) atoms. The Balaban J connectivity index is 1.40. The Morgan fingerprint density at radius 2 is 1.73 bits per heavy atom. The molecule has 134 valence electrons. The lowest BCUT2D eigenvalue weighted by atomic mass is 10.1. The highest BCUT2D eigenvalue weighted by Gasteiger charge is 2.24. The highest BCUT2D eigenvalue weighted by Crippen LogP contribution is 2.27. The molecular weight excluding hydrogens is 332 g/mol. The number of nitrogens with zero attached hydrogens (tertiary/aromatic N) is 1. The molecule has 2 aromatic carbocycles. The van der Waals surface area contributed by atoms with Crippen LogP contribution in [-0.4, -0.2) is 37.5 Å². The second-order valence-corrected chi connectivity index (χ2v) is 6.02. The highest BCUT2D eigenvalue weighted by molar-refractivity contribution is 5.97. The van der Waals surface area contributed by atoms with Crippen molar-refractivity contribution in [1.82, 2.24) is 5.32 Å². The fourth-order valence-corrected chi connectivity index (χ4v) is 2.88. The van der Waals surface area contributed by atoms with Crippen LogP contribution in [-0.2, 0) is 32.0 Å². The van der Waals surface area contributed by atoms with E-state index in [2.05, 4.69) is 5.32 Å². The van der Waals surface area contributed by atoms with Gasteiger partial charge in [-0.05, 0) is 23.6 Å². The van der Waals surface area contributed by atoms with Crippen molar-refractivity contribution in [2.75, 3.05) is 24.6 Å². The topological polar surface area (TPSA) is 75.7 Å². The van der Waals surface area contributed by atoms with Gasteiger partial charge in [0.15, 0.2) is 6.61 Å². The predicted molar refractivity (Wildman–Crippen MR) is 96.6 cm³/mol. The second kappa shape index (κ2) is 8.29. The first-order valence-electron chi connectivity index (χ1n) is 8.48. The number of nitrogens with one attached hydrogen (secondary N) is 1. The van der Waals surface area contributed by atoms with Crippen molar-refractivity contribution in [1.29, 1.82) is 0 Å². The van der Waals surface area contributed by atoms with Gasteiger partial charge in [-0.3, -0.25) is 14.4 Å². The summed E-state index contributed by atoms with van der Waals surface area (Å²) in [5, 5.41) is 2.50. The molecule has 1 aliphatic heterocycles. The first-order chi connectivity index (χ1) is 12.6. The summed E-state index contributed by atoms with van der Waals surface area (Å²) < 4.78 is 4.99. The minimum absolute atomic E-state index is 0.192. The summed E-state index contributed by atoms with van der Waals surface area (Å²) in [5.41, 5.74) is 2.84. The molecule has 0 atom stereocenters. The summed E-state index contributed by atoms with van der Waals surface area (Å²) in [6.07, 6.45) is 0.989. The maximum atomic E-state index is 12.3. The lowest BCUT2D eigenvalue weighted by Crippen LogP contribution is -2.36. The van der Waals surface area contributed by atoms with Crippen molar-refractivity contribution < 1.29 is 19.1 Å². The molecule has 6 heteroatoms. The minimum atomic E-state index is -0.632. The molecule has 0 saturated heterocycles. The second-order valence-electron chi connectivity index (χ2n) is 6.02. The molecule has 0 unspecified atom stereocenters. The monoisotopic (exact) mass is 352 g/mol. The average Bonchev–Trinajstić information content (AvgIpc) is 3.09. The van der Waals surface area contributed by atoms with Crippen molar-refractivity contribution in [3.8, 4) is 0 Å². The summed E-state index contributed by atoms with van der Waals surface area (Å²) in [7, 11) is 0. The number of ether oxygens (including phenoxy) is 1. The van der Waals surface area contributed by atoms with E-state index in [9.17, 15) is 14.4 Å². The number of benzene rings is 2. The van der Waals surface area contributed by atoms with Crippen LogP contribution in [0.4, 0.5) is 5.69 Å². The quantitative estimate of drug-likeness (QED) is 0.799. The van der Waals surface area contributed by atoms with Gasteiger partial charge in [0.2, 0.25) is 5.91 Å². The van der Waals surface area contributed by atoms with Crippen LogP contribution in [0.5, 0.6) is 0 Å². The van der Waals surface area contributed by atoms with Gasteiger partial charge in [-0.1, -0.05) is 48.5 Å². The SMILES string of the molecule is O=C(Cc1ccccc1)NCC(=O)OCC(=O)N1CCc2ccccc21. The first-order valence-corrected chi connectivity index (χ1v) is 8.48. The summed E-state index contributed by atoms with van der Waals surface area (Å²) >= 11 is 0. The maximum Gasteiger partial charge on any atom is 0.325 e. The third-order valence-corrected chi connectivity index (χ3v) is 4.18. The lowest BCUT2D eigenvalue weighted by molar-refractivity contribution is -0.147. The molecule has 1 aliphatic rings. The zero-order valence-corrected chi connectivity index (χ0v) is 14.3. The van der Waals surface area contributed by atoms with Crippen molar-refractivity contribution in [2.24, 2.45) is 0 Å². The van der Waals surface area contributed by atoms with Crippen molar-refractivity contribution in [2.45, 2.75) is 12.8 Å². The number of para-hydroxylation sites is 1. The third-order valence-electron chi connectivity index (χ3n) is 4.18. The fraction of sp³-hybridized carbons (Fsp3) is 0.250. The molecular formula is C20H20N2O4. The van der Waals surface area contributed by atoms with Crippen LogP contribution in [0.2, 0.25) is 0 Å². The number of carbonyl (C=O) groups excluding carboxylic acids is 3. The minimum Gasteiger partial charge on any atom is -0.454 e. The summed E-state index contributed by atoms with van der Waals surface area (Å²) in [6.45, 7) is 0.000793. The largest absolute Gasteiger partial charge is 0.454 e. The van der Waals surface area contributed by atoms with E-state index in [0.717, 1.165) is 23.2 Å². The smallest absolute Gasteiger partial charge is 0.325 e. The molecule has 3 rings (SSSR count). The molecule has 0 aromatic heterocycles. The maximum absolute atomic E-state index is 12.3. The molecule has 0 spiro atoms. The lowest BCUT2D eigenvalue weighted by Gasteiger charge is -2.17. The van der Waals surface area contributed by atoms with Crippen molar-refractivity contribution in [3.63, 3.8) is 0 Å². The van der Waals surface area contributed by atoms with E-state index in [4.69, 9.17) is 4.74 Å². The normalized spacial score (nSPS) is 12.4. The zero-order valence-electron chi connectivity index (χ0n) is 14.3. The van der Waals surface area contributed by atoms with E-state index in [1.165, 1.54) is 0 Å². The number of fused-ring (bicyclic) bond motifs is 1. The molecule has 1 N–H and O–H groups in total. The first kappa shape index (κ1) is 17.7. The molecule has 0 fully saturated rings. The van der Waals surface area contributed by atoms with E-state index >= 15 is 0 Å². The van der Waals surface area contributed by atoms with Gasteiger partial charge in [0, 0.05) is 12.2 Å². The number of rotatable bonds is 6. The molecule has 0 bridgehead atoms. The Morgan fingerprint density at radius 3 is 2.54 bits per heavy atom. The third kappa shape index (κ3) is 4.47. The Hall–Kier alpha value is -3.15. The number of hydrogen-bond donors (Lipinski definition) is 1. The van der Waals surface area contributed by atoms with Gasteiger partial charge >= 0.3 is 5.97 Å². The Morgan fingerprint density at radius 1 is 1.00 bits per heavy atom. The van der Waals surface area contributed by atoms with Gasteiger partial charge < -0.3 is 15.0 Å². The van der Waals surface area contributed by atoms with Gasteiger partial charge in [-0.25, -0.2) is 0 Å². The Labute approximate surface area is 151 Å².